The van der Waals surface area contributed by atoms with E-state index in [0.717, 1.165) is 37.4 Å². The Morgan fingerprint density at radius 2 is 1.81 bits per heavy atom. The Bertz CT molecular complexity index is 1090. The molecule has 1 saturated carbocycles. The number of aromatic nitrogens is 2. The van der Waals surface area contributed by atoms with Crippen LogP contribution in [0.15, 0.2) is 29.3 Å². The van der Waals surface area contributed by atoms with Crippen LogP contribution in [-0.4, -0.2) is 58.5 Å². The van der Waals surface area contributed by atoms with E-state index in [9.17, 15) is 26.4 Å². The molecule has 11 heteroatoms. The number of sulfone groups is 1. The molecule has 1 amide bonds. The van der Waals surface area contributed by atoms with Crippen LogP contribution in [-0.2, 0) is 20.8 Å². The highest BCUT2D eigenvalue weighted by atomic mass is 32.2. The number of para-hydroxylation sites is 1. The number of amides is 1. The van der Waals surface area contributed by atoms with Crippen LogP contribution < -0.4 is 0 Å². The lowest BCUT2D eigenvalue weighted by molar-refractivity contribution is -0.145. The van der Waals surface area contributed by atoms with Crippen LogP contribution in [0.4, 0.5) is 13.2 Å². The monoisotopic (exact) mass is 473 g/mol. The second-order valence-corrected chi connectivity index (χ2v) is 11.1. The molecule has 2 aliphatic rings. The maximum atomic E-state index is 13.2. The summed E-state index contributed by atoms with van der Waals surface area (Å²) in [6.07, 6.45) is -0.691. The van der Waals surface area contributed by atoms with Gasteiger partial charge in [0, 0.05) is 17.5 Å². The number of benzene rings is 1. The van der Waals surface area contributed by atoms with Crippen molar-refractivity contribution in [2.24, 2.45) is 0 Å². The quantitative estimate of drug-likeness (QED) is 0.487. The zero-order valence-electron chi connectivity index (χ0n) is 16.6. The van der Waals surface area contributed by atoms with Crippen LogP contribution in [0.5, 0.6) is 0 Å². The predicted molar refractivity (Wildman–Crippen MR) is 111 cm³/mol. The lowest BCUT2D eigenvalue weighted by Gasteiger charge is -2.34. The number of nitrogens with zero attached hydrogens (tertiary/aromatic N) is 3. The normalized spacial score (nSPS) is 21.6. The van der Waals surface area contributed by atoms with E-state index in [0.29, 0.717) is 11.8 Å². The summed E-state index contributed by atoms with van der Waals surface area (Å²) in [5, 5.41) is 0.542. The van der Waals surface area contributed by atoms with Crippen molar-refractivity contribution < 1.29 is 26.4 Å². The van der Waals surface area contributed by atoms with Gasteiger partial charge in [-0.3, -0.25) is 4.79 Å². The smallest absolute Gasteiger partial charge is 0.335 e. The van der Waals surface area contributed by atoms with E-state index in [1.54, 1.807) is 23.1 Å². The van der Waals surface area contributed by atoms with Crippen LogP contribution in [0.25, 0.3) is 10.9 Å². The van der Waals surface area contributed by atoms with E-state index < -0.39 is 21.8 Å². The number of hydrogen-bond donors (Lipinski definition) is 0. The molecule has 31 heavy (non-hydrogen) atoms. The number of hydrogen-bond acceptors (Lipinski definition) is 6. The fourth-order valence-electron chi connectivity index (χ4n) is 4.37. The molecule has 4 rings (SSSR count). The minimum atomic E-state index is -4.70. The molecule has 0 spiro atoms. The topological polar surface area (TPSA) is 80.2 Å². The molecule has 1 aliphatic heterocycles. The number of carbonyl (C=O) groups excluding carboxylic acids is 1. The molecule has 6 nitrogen and oxygen atoms in total. The van der Waals surface area contributed by atoms with E-state index >= 15 is 0 Å². The van der Waals surface area contributed by atoms with Crippen LogP contribution >= 0.6 is 11.8 Å². The van der Waals surface area contributed by atoms with E-state index in [-0.39, 0.29) is 45.8 Å². The highest BCUT2D eigenvalue weighted by Crippen LogP contribution is 2.34. The van der Waals surface area contributed by atoms with Gasteiger partial charge in [-0.2, -0.15) is 13.2 Å². The van der Waals surface area contributed by atoms with Gasteiger partial charge in [0.2, 0.25) is 11.7 Å². The molecular weight excluding hydrogens is 451 g/mol. The van der Waals surface area contributed by atoms with Gasteiger partial charge in [-0.05, 0) is 25.3 Å². The number of carbonyl (C=O) groups is 1. The van der Waals surface area contributed by atoms with Gasteiger partial charge in [-0.1, -0.05) is 42.8 Å². The Hall–Kier alpha value is -1.88. The fraction of sp³-hybridized carbons (Fsp3) is 0.550. The highest BCUT2D eigenvalue weighted by molar-refractivity contribution is 8.00. The molecule has 1 aromatic heterocycles. The van der Waals surface area contributed by atoms with Crippen molar-refractivity contribution in [3.05, 3.63) is 30.1 Å². The molecule has 1 aliphatic carbocycles. The zero-order chi connectivity index (χ0) is 22.2. The summed E-state index contributed by atoms with van der Waals surface area (Å²) in [4.78, 5) is 22.1. The Balaban J connectivity index is 1.58. The van der Waals surface area contributed by atoms with Crippen molar-refractivity contribution in [1.82, 2.24) is 14.9 Å². The second-order valence-electron chi connectivity index (χ2n) is 7.95. The molecule has 1 aromatic carbocycles. The lowest BCUT2D eigenvalue weighted by Crippen LogP contribution is -2.47. The molecule has 0 N–H and O–H groups in total. The molecule has 2 fully saturated rings. The molecule has 1 atom stereocenters. The first-order chi connectivity index (χ1) is 14.6. The Morgan fingerprint density at radius 3 is 2.45 bits per heavy atom. The SMILES string of the molecule is O=C(CSc1nc(C(F)(F)F)nc2ccccc12)N(C1CCCC1)[C@@H]1CCS(=O)(=O)C1. The number of thioether (sulfide) groups is 1. The third-order valence-electron chi connectivity index (χ3n) is 5.76. The largest absolute Gasteiger partial charge is 0.451 e. The molecule has 168 valence electrons. The standard InChI is InChI=1S/C20H22F3N3O3S2/c21-20(22,23)19-24-16-8-4-3-7-15(16)18(25-19)30-11-17(27)26(13-5-1-2-6-13)14-9-10-31(28,29)12-14/h3-4,7-8,13-14H,1-2,5-6,9-12H2/t14-/m1/s1. The summed E-state index contributed by atoms with van der Waals surface area (Å²) in [7, 11) is -3.17. The number of fused-ring (bicyclic) bond motifs is 1. The molecule has 0 radical (unpaired) electrons. The highest BCUT2D eigenvalue weighted by Gasteiger charge is 2.39. The summed E-state index contributed by atoms with van der Waals surface area (Å²) in [5.74, 6) is -1.59. The summed E-state index contributed by atoms with van der Waals surface area (Å²) < 4.78 is 63.7. The maximum absolute atomic E-state index is 13.2. The van der Waals surface area contributed by atoms with Crippen molar-refractivity contribution in [1.29, 1.82) is 0 Å². The van der Waals surface area contributed by atoms with Gasteiger partial charge in [0.15, 0.2) is 9.84 Å². The molecule has 2 aromatic rings. The lowest BCUT2D eigenvalue weighted by atomic mass is 10.1. The van der Waals surface area contributed by atoms with E-state index in [4.69, 9.17) is 0 Å². The number of alkyl halides is 3. The fourth-order valence-corrected chi connectivity index (χ4v) is 6.97. The summed E-state index contributed by atoms with van der Waals surface area (Å²) >= 11 is 0.942. The van der Waals surface area contributed by atoms with Crippen molar-refractivity contribution in [2.75, 3.05) is 17.3 Å². The Morgan fingerprint density at radius 1 is 1.10 bits per heavy atom. The van der Waals surface area contributed by atoms with Crippen molar-refractivity contribution in [3.63, 3.8) is 0 Å². The molecule has 0 unspecified atom stereocenters. The van der Waals surface area contributed by atoms with Gasteiger partial charge in [-0.15, -0.1) is 0 Å². The van der Waals surface area contributed by atoms with Gasteiger partial charge >= 0.3 is 6.18 Å². The van der Waals surface area contributed by atoms with Gasteiger partial charge < -0.3 is 4.90 Å². The number of rotatable bonds is 5. The maximum Gasteiger partial charge on any atom is 0.451 e. The minimum absolute atomic E-state index is 0.0146. The molecule has 0 bridgehead atoms. The second kappa shape index (κ2) is 8.57. The third kappa shape index (κ3) is 4.97. The summed E-state index contributed by atoms with van der Waals surface area (Å²) in [5.41, 5.74) is 0.161. The Kier molecular flexibility index (Phi) is 6.17. The van der Waals surface area contributed by atoms with E-state index in [1.165, 1.54) is 6.07 Å². The average Bonchev–Trinajstić information content (AvgIpc) is 3.35. The van der Waals surface area contributed by atoms with Gasteiger partial charge in [-0.25, -0.2) is 18.4 Å². The molecule has 2 heterocycles. The van der Waals surface area contributed by atoms with E-state index in [2.05, 4.69) is 9.97 Å². The molecular formula is C20H22F3N3O3S2. The van der Waals surface area contributed by atoms with Gasteiger partial charge in [0.1, 0.15) is 5.03 Å². The predicted octanol–water partition coefficient (Wildman–Crippen LogP) is 3.70. The first-order valence-corrected chi connectivity index (χ1v) is 12.9. The average molecular weight is 474 g/mol. The van der Waals surface area contributed by atoms with Crippen molar-refractivity contribution in [2.45, 2.75) is 55.4 Å². The van der Waals surface area contributed by atoms with Gasteiger partial charge in [0.05, 0.1) is 22.8 Å². The first-order valence-electron chi connectivity index (χ1n) is 10.1. The van der Waals surface area contributed by atoms with Crippen LogP contribution in [0.2, 0.25) is 0 Å². The zero-order valence-corrected chi connectivity index (χ0v) is 18.3. The van der Waals surface area contributed by atoms with Crippen molar-refractivity contribution in [3.8, 4) is 0 Å². The summed E-state index contributed by atoms with van der Waals surface area (Å²) in [6, 6.07) is 6.00. The first kappa shape index (κ1) is 22.3. The van der Waals surface area contributed by atoms with Crippen LogP contribution in [0.1, 0.15) is 37.9 Å². The number of halogens is 3. The van der Waals surface area contributed by atoms with Crippen LogP contribution in [0.3, 0.4) is 0 Å². The summed E-state index contributed by atoms with van der Waals surface area (Å²) in [6.45, 7) is 0. The van der Waals surface area contributed by atoms with Gasteiger partial charge in [0.25, 0.3) is 0 Å². The minimum Gasteiger partial charge on any atom is -0.335 e. The Labute approximate surface area is 182 Å². The third-order valence-corrected chi connectivity index (χ3v) is 8.49. The van der Waals surface area contributed by atoms with Crippen LogP contribution in [0, 0.1) is 0 Å². The van der Waals surface area contributed by atoms with E-state index in [1.807, 2.05) is 0 Å². The molecule has 1 saturated heterocycles. The van der Waals surface area contributed by atoms with Crippen molar-refractivity contribution >= 4 is 38.4 Å².